The van der Waals surface area contributed by atoms with Gasteiger partial charge in [-0.1, -0.05) is 25.1 Å². The number of likely N-dealkylation sites (N-methyl/N-ethyl adjacent to an activating group) is 1. The van der Waals surface area contributed by atoms with Crippen molar-refractivity contribution in [2.45, 2.75) is 38.1 Å². The fraction of sp³-hybridized carbons (Fsp3) is 0.500. The summed E-state index contributed by atoms with van der Waals surface area (Å²) in [4.78, 5) is 31.0. The summed E-state index contributed by atoms with van der Waals surface area (Å²) in [7, 11) is 4.61. The maximum Gasteiger partial charge on any atom is 0.254 e. The third-order valence-electron chi connectivity index (χ3n) is 7.51. The lowest BCUT2D eigenvalue weighted by Crippen LogP contribution is -2.46. The lowest BCUT2D eigenvalue weighted by molar-refractivity contribution is -0.124. The first-order chi connectivity index (χ1) is 17.3. The number of nitrogens with one attached hydrogen (secondary N) is 1. The second kappa shape index (κ2) is 11.3. The third kappa shape index (κ3) is 5.19. The van der Waals surface area contributed by atoms with Crippen LogP contribution in [-0.2, 0) is 4.79 Å². The number of halogens is 1. The molecule has 8 heteroatoms. The molecule has 7 nitrogen and oxygen atoms in total. The number of hydrogen-bond acceptors (Lipinski definition) is 5. The molecule has 1 N–H and O–H groups in total. The summed E-state index contributed by atoms with van der Waals surface area (Å²) in [5.41, 5.74) is 1.16. The molecular formula is C28H36FN3O4. The Morgan fingerprint density at radius 2 is 1.75 bits per heavy atom. The Labute approximate surface area is 212 Å². The molecule has 2 aromatic rings. The highest BCUT2D eigenvalue weighted by Gasteiger charge is 2.44. The third-order valence-corrected chi connectivity index (χ3v) is 7.51. The van der Waals surface area contributed by atoms with Crippen molar-refractivity contribution < 1.29 is 23.5 Å². The molecule has 0 radical (unpaired) electrons. The number of benzene rings is 2. The summed E-state index contributed by atoms with van der Waals surface area (Å²) in [5.74, 6) is -0.224. The first kappa shape index (κ1) is 25.9. The van der Waals surface area contributed by atoms with Gasteiger partial charge in [0.1, 0.15) is 5.82 Å². The molecule has 1 saturated heterocycles. The highest BCUT2D eigenvalue weighted by molar-refractivity contribution is 6.02. The van der Waals surface area contributed by atoms with Crippen molar-refractivity contribution in [2.75, 3.05) is 47.4 Å². The largest absolute Gasteiger partial charge is 0.493 e. The van der Waals surface area contributed by atoms with Gasteiger partial charge in [0.2, 0.25) is 5.91 Å². The van der Waals surface area contributed by atoms with Crippen LogP contribution >= 0.6 is 0 Å². The van der Waals surface area contributed by atoms with Crippen LogP contribution in [0.25, 0.3) is 0 Å². The van der Waals surface area contributed by atoms with E-state index >= 15 is 0 Å². The molecule has 2 amide bonds. The zero-order valence-corrected chi connectivity index (χ0v) is 21.6. The molecule has 0 saturated carbocycles. The summed E-state index contributed by atoms with van der Waals surface area (Å²) in [6.07, 6.45) is 3.24. The first-order valence-corrected chi connectivity index (χ1v) is 12.6. The minimum Gasteiger partial charge on any atom is -0.493 e. The van der Waals surface area contributed by atoms with Crippen LogP contribution in [0.2, 0.25) is 0 Å². The van der Waals surface area contributed by atoms with E-state index in [1.165, 1.54) is 38.0 Å². The molecule has 4 rings (SSSR count). The average molecular weight is 498 g/mol. The SMILES string of the molecule is COc1cc2c(cc1OC)[C@H](C(=O)NCCCN1CCC(C)CC1)[C@@H](c1ccccc1F)N(C)C2=O. The monoisotopic (exact) mass is 497 g/mol. The molecule has 0 bridgehead atoms. The van der Waals surface area contributed by atoms with Crippen LogP contribution in [-0.4, -0.2) is 69.1 Å². The van der Waals surface area contributed by atoms with Crippen LogP contribution < -0.4 is 14.8 Å². The molecule has 2 aromatic carbocycles. The fourth-order valence-electron chi connectivity index (χ4n) is 5.34. The van der Waals surface area contributed by atoms with Crippen LogP contribution in [0.4, 0.5) is 4.39 Å². The van der Waals surface area contributed by atoms with E-state index in [1.807, 2.05) is 0 Å². The predicted octanol–water partition coefficient (Wildman–Crippen LogP) is 3.99. The number of ether oxygens (including phenoxy) is 2. The number of methoxy groups -OCH3 is 2. The molecule has 194 valence electrons. The number of likely N-dealkylation sites (tertiary alicyclic amines) is 1. The second-order valence-corrected chi connectivity index (χ2v) is 9.82. The van der Waals surface area contributed by atoms with Gasteiger partial charge in [-0.05, 0) is 68.6 Å². The van der Waals surface area contributed by atoms with E-state index in [1.54, 1.807) is 37.4 Å². The molecule has 0 aliphatic carbocycles. The van der Waals surface area contributed by atoms with Gasteiger partial charge in [-0.15, -0.1) is 0 Å². The molecule has 1 fully saturated rings. The number of carbonyl (C=O) groups excluding carboxylic acids is 2. The fourth-order valence-corrected chi connectivity index (χ4v) is 5.34. The lowest BCUT2D eigenvalue weighted by atomic mass is 9.79. The van der Waals surface area contributed by atoms with Crippen LogP contribution in [0, 0.1) is 11.7 Å². The van der Waals surface area contributed by atoms with Crippen molar-refractivity contribution in [3.05, 3.63) is 58.9 Å². The van der Waals surface area contributed by atoms with Crippen LogP contribution in [0.1, 0.15) is 59.6 Å². The number of fused-ring (bicyclic) bond motifs is 1. The quantitative estimate of drug-likeness (QED) is 0.559. The number of amides is 2. The van der Waals surface area contributed by atoms with Crippen molar-refractivity contribution >= 4 is 11.8 Å². The Morgan fingerprint density at radius 3 is 2.42 bits per heavy atom. The molecule has 0 spiro atoms. The maximum atomic E-state index is 15.0. The van der Waals surface area contributed by atoms with Crippen molar-refractivity contribution in [1.29, 1.82) is 0 Å². The summed E-state index contributed by atoms with van der Waals surface area (Å²) in [5, 5.41) is 3.06. The summed E-state index contributed by atoms with van der Waals surface area (Å²) in [6.45, 7) is 5.90. The molecular weight excluding hydrogens is 461 g/mol. The number of carbonyl (C=O) groups is 2. The summed E-state index contributed by atoms with van der Waals surface area (Å²) < 4.78 is 25.8. The van der Waals surface area contributed by atoms with E-state index < -0.39 is 17.8 Å². The second-order valence-electron chi connectivity index (χ2n) is 9.82. The molecule has 0 aromatic heterocycles. The number of hydrogen-bond donors (Lipinski definition) is 1. The van der Waals surface area contributed by atoms with Crippen molar-refractivity contribution in [3.63, 3.8) is 0 Å². The lowest BCUT2D eigenvalue weighted by Gasteiger charge is -2.40. The zero-order chi connectivity index (χ0) is 25.8. The van der Waals surface area contributed by atoms with Crippen molar-refractivity contribution in [2.24, 2.45) is 5.92 Å². The molecule has 2 aliphatic rings. The number of rotatable bonds is 8. The van der Waals surface area contributed by atoms with Crippen molar-refractivity contribution in [3.8, 4) is 11.5 Å². The summed E-state index contributed by atoms with van der Waals surface area (Å²) >= 11 is 0. The van der Waals surface area contributed by atoms with Crippen LogP contribution in [0.3, 0.4) is 0 Å². The number of piperidine rings is 1. The van der Waals surface area contributed by atoms with Gasteiger partial charge < -0.3 is 24.6 Å². The maximum absolute atomic E-state index is 15.0. The standard InChI is InChI=1S/C28H36FN3O4/c1-18-10-14-32(15-11-18)13-7-12-30-27(33)25-20-16-23(35-3)24(36-4)17-21(20)28(34)31(2)26(25)19-8-5-6-9-22(19)29/h5-6,8-9,16-18,25-26H,7,10-15H2,1-4H3,(H,30,33)/t25-,26+/m0/s1. The Morgan fingerprint density at radius 1 is 1.08 bits per heavy atom. The Bertz CT molecular complexity index is 1100. The van der Waals surface area contributed by atoms with Crippen LogP contribution in [0.5, 0.6) is 11.5 Å². The van der Waals surface area contributed by atoms with Crippen LogP contribution in [0.15, 0.2) is 36.4 Å². The minimum absolute atomic E-state index is 0.247. The molecule has 2 heterocycles. The first-order valence-electron chi connectivity index (χ1n) is 12.6. The number of nitrogens with zero attached hydrogens (tertiary/aromatic N) is 2. The van der Waals surface area contributed by atoms with E-state index in [-0.39, 0.29) is 11.8 Å². The van der Waals surface area contributed by atoms with Gasteiger partial charge in [0, 0.05) is 24.7 Å². The smallest absolute Gasteiger partial charge is 0.254 e. The average Bonchev–Trinajstić information content (AvgIpc) is 2.89. The minimum atomic E-state index is -0.810. The molecule has 0 unspecified atom stereocenters. The molecule has 2 aliphatic heterocycles. The van der Waals surface area contributed by atoms with Gasteiger partial charge in [0.15, 0.2) is 11.5 Å². The Kier molecular flexibility index (Phi) is 8.14. The van der Waals surface area contributed by atoms with Gasteiger partial charge in [-0.2, -0.15) is 0 Å². The van der Waals surface area contributed by atoms with E-state index in [9.17, 15) is 14.0 Å². The topological polar surface area (TPSA) is 71.1 Å². The highest BCUT2D eigenvalue weighted by Crippen LogP contribution is 2.46. The van der Waals surface area contributed by atoms with E-state index in [2.05, 4.69) is 17.1 Å². The van der Waals surface area contributed by atoms with Gasteiger partial charge in [0.05, 0.1) is 26.2 Å². The molecule has 36 heavy (non-hydrogen) atoms. The normalized spacial score (nSPS) is 20.7. The Balaban J connectivity index is 1.62. The Hall–Kier alpha value is -3.13. The van der Waals surface area contributed by atoms with Gasteiger partial charge in [-0.25, -0.2) is 4.39 Å². The highest BCUT2D eigenvalue weighted by atomic mass is 19.1. The summed E-state index contributed by atoms with van der Waals surface area (Å²) in [6, 6.07) is 8.78. The van der Waals surface area contributed by atoms with Gasteiger partial charge in [0.25, 0.3) is 5.91 Å². The zero-order valence-electron chi connectivity index (χ0n) is 21.6. The van der Waals surface area contributed by atoms with Crippen molar-refractivity contribution in [1.82, 2.24) is 15.1 Å². The molecule has 2 atom stereocenters. The predicted molar refractivity (Wildman–Crippen MR) is 136 cm³/mol. The van der Waals surface area contributed by atoms with Gasteiger partial charge in [-0.3, -0.25) is 9.59 Å². The van der Waals surface area contributed by atoms with Gasteiger partial charge >= 0.3 is 0 Å². The van der Waals surface area contributed by atoms with E-state index in [0.717, 1.165) is 32.0 Å². The van der Waals surface area contributed by atoms with E-state index in [0.29, 0.717) is 34.7 Å². The van der Waals surface area contributed by atoms with E-state index in [4.69, 9.17) is 9.47 Å².